The Hall–Kier alpha value is -1.81. The molecule has 94 valence electrons. The third-order valence-electron chi connectivity index (χ3n) is 3.55. The molecule has 1 aromatic heterocycles. The number of aromatic nitrogens is 1. The molecule has 2 aromatic rings. The molecule has 0 saturated carbocycles. The van der Waals surface area contributed by atoms with Gasteiger partial charge in [0.1, 0.15) is 0 Å². The Balaban J connectivity index is 2.18. The predicted molar refractivity (Wildman–Crippen MR) is 67.7 cm³/mol. The van der Waals surface area contributed by atoms with Gasteiger partial charge >= 0.3 is 5.97 Å². The quantitative estimate of drug-likeness (QED) is 0.761. The number of rotatable bonds is 2. The lowest BCUT2D eigenvalue weighted by molar-refractivity contribution is -0.0874. The molecule has 2 heterocycles. The van der Waals surface area contributed by atoms with Gasteiger partial charge in [-0.25, -0.2) is 4.79 Å². The Morgan fingerprint density at radius 3 is 2.78 bits per heavy atom. The summed E-state index contributed by atoms with van der Waals surface area (Å²) in [6.45, 7) is 3.57. The summed E-state index contributed by atoms with van der Waals surface area (Å²) >= 11 is 0. The van der Waals surface area contributed by atoms with Crippen molar-refractivity contribution in [2.75, 3.05) is 20.3 Å². The van der Waals surface area contributed by atoms with E-state index >= 15 is 0 Å². The van der Waals surface area contributed by atoms with Crippen molar-refractivity contribution in [3.63, 3.8) is 0 Å². The summed E-state index contributed by atoms with van der Waals surface area (Å²) in [5.41, 5.74) is 1.65. The van der Waals surface area contributed by atoms with E-state index in [9.17, 15) is 4.79 Å². The molecule has 18 heavy (non-hydrogen) atoms. The van der Waals surface area contributed by atoms with Crippen LogP contribution in [0.4, 0.5) is 0 Å². The Bertz CT molecular complexity index is 611. The fourth-order valence-corrected chi connectivity index (χ4v) is 2.46. The maximum Gasteiger partial charge on any atom is 0.338 e. The minimum Gasteiger partial charge on any atom is -0.465 e. The van der Waals surface area contributed by atoms with Crippen LogP contribution in [-0.2, 0) is 15.0 Å². The number of esters is 1. The number of methoxy groups -OCH3 is 1. The van der Waals surface area contributed by atoms with E-state index < -0.39 is 0 Å². The Kier molecular flexibility index (Phi) is 2.41. The van der Waals surface area contributed by atoms with E-state index in [1.807, 2.05) is 24.4 Å². The van der Waals surface area contributed by atoms with Gasteiger partial charge in [-0.15, -0.1) is 0 Å². The molecule has 0 aliphatic carbocycles. The average Bonchev–Trinajstić information content (AvgIpc) is 2.79. The van der Waals surface area contributed by atoms with E-state index in [2.05, 4.69) is 11.5 Å². The fourth-order valence-electron chi connectivity index (χ4n) is 2.46. The molecular weight excluding hydrogens is 230 g/mol. The molecule has 0 amide bonds. The van der Waals surface area contributed by atoms with Crippen molar-refractivity contribution in [2.45, 2.75) is 12.5 Å². The van der Waals surface area contributed by atoms with Gasteiger partial charge in [0.15, 0.2) is 0 Å². The number of benzene rings is 1. The van der Waals surface area contributed by atoms with Crippen LogP contribution in [0.1, 0.15) is 17.3 Å². The molecule has 1 aliphatic rings. The summed E-state index contributed by atoms with van der Waals surface area (Å²) in [6, 6.07) is 7.66. The van der Waals surface area contributed by atoms with Crippen molar-refractivity contribution in [1.29, 1.82) is 0 Å². The molecule has 0 bridgehead atoms. The molecule has 3 rings (SSSR count). The fraction of sp³-hybridized carbons (Fsp3) is 0.357. The van der Waals surface area contributed by atoms with E-state index in [-0.39, 0.29) is 11.5 Å². The van der Waals surface area contributed by atoms with Crippen LogP contribution >= 0.6 is 0 Å². The van der Waals surface area contributed by atoms with Gasteiger partial charge in [0, 0.05) is 17.1 Å². The maximum absolute atomic E-state index is 11.7. The van der Waals surface area contributed by atoms with E-state index in [0.717, 1.165) is 10.9 Å². The zero-order chi connectivity index (χ0) is 12.8. The minimum absolute atomic E-state index is 0.00348. The number of carbonyl (C=O) groups excluding carboxylic acids is 1. The van der Waals surface area contributed by atoms with Crippen LogP contribution in [-0.4, -0.2) is 30.9 Å². The van der Waals surface area contributed by atoms with Crippen LogP contribution in [0.15, 0.2) is 30.5 Å². The molecule has 4 heteroatoms. The first-order valence-corrected chi connectivity index (χ1v) is 5.92. The van der Waals surface area contributed by atoms with Gasteiger partial charge in [-0.05, 0) is 25.1 Å². The topological polar surface area (TPSA) is 40.5 Å². The second kappa shape index (κ2) is 3.85. The lowest BCUT2D eigenvalue weighted by Gasteiger charge is -2.40. The number of hydrogen-bond acceptors (Lipinski definition) is 3. The van der Waals surface area contributed by atoms with Crippen molar-refractivity contribution >= 4 is 16.9 Å². The van der Waals surface area contributed by atoms with Gasteiger partial charge in [-0.3, -0.25) is 0 Å². The van der Waals surface area contributed by atoms with Gasteiger partial charge in [-0.1, -0.05) is 6.07 Å². The summed E-state index contributed by atoms with van der Waals surface area (Å²) in [6.07, 6.45) is 2.01. The number of hydrogen-bond donors (Lipinski definition) is 0. The summed E-state index contributed by atoms with van der Waals surface area (Å²) in [5.74, 6) is -0.298. The van der Waals surface area contributed by atoms with Crippen LogP contribution in [0.2, 0.25) is 0 Å². The molecule has 0 radical (unpaired) electrons. The molecule has 1 saturated heterocycles. The molecule has 1 aliphatic heterocycles. The van der Waals surface area contributed by atoms with Crippen LogP contribution in [0.25, 0.3) is 10.9 Å². The Morgan fingerprint density at radius 2 is 2.17 bits per heavy atom. The molecule has 0 atom stereocenters. The lowest BCUT2D eigenvalue weighted by atomic mass is 10.00. The van der Waals surface area contributed by atoms with E-state index in [4.69, 9.17) is 9.47 Å². The monoisotopic (exact) mass is 245 g/mol. The Morgan fingerprint density at radius 1 is 1.39 bits per heavy atom. The lowest BCUT2D eigenvalue weighted by Crippen LogP contribution is -2.48. The van der Waals surface area contributed by atoms with Gasteiger partial charge in [-0.2, -0.15) is 0 Å². The first-order valence-electron chi connectivity index (χ1n) is 5.92. The molecule has 0 N–H and O–H groups in total. The third kappa shape index (κ3) is 1.46. The van der Waals surface area contributed by atoms with Crippen LogP contribution in [0.3, 0.4) is 0 Å². The van der Waals surface area contributed by atoms with Crippen LogP contribution < -0.4 is 0 Å². The summed E-state index contributed by atoms with van der Waals surface area (Å²) in [7, 11) is 1.40. The van der Waals surface area contributed by atoms with E-state index in [1.165, 1.54) is 7.11 Å². The largest absolute Gasteiger partial charge is 0.465 e. The highest BCUT2D eigenvalue weighted by Crippen LogP contribution is 2.31. The molecule has 1 fully saturated rings. The zero-order valence-electron chi connectivity index (χ0n) is 10.5. The number of ether oxygens (including phenoxy) is 2. The van der Waals surface area contributed by atoms with Gasteiger partial charge in [0.2, 0.25) is 0 Å². The van der Waals surface area contributed by atoms with Crippen molar-refractivity contribution in [3.05, 3.63) is 36.0 Å². The highest BCUT2D eigenvalue weighted by atomic mass is 16.5. The average molecular weight is 245 g/mol. The second-order valence-corrected chi connectivity index (χ2v) is 4.91. The molecule has 1 aromatic carbocycles. The van der Waals surface area contributed by atoms with Crippen molar-refractivity contribution in [3.8, 4) is 0 Å². The Labute approximate surface area is 105 Å². The summed E-state index contributed by atoms with van der Waals surface area (Å²) in [5, 5.41) is 0.928. The van der Waals surface area contributed by atoms with Crippen LogP contribution in [0, 0.1) is 0 Å². The normalized spacial score (nSPS) is 17.4. The van der Waals surface area contributed by atoms with Gasteiger partial charge < -0.3 is 14.0 Å². The first kappa shape index (κ1) is 11.3. The molecular formula is C14H15NO3. The number of carbonyl (C=O) groups is 1. The summed E-state index contributed by atoms with van der Waals surface area (Å²) in [4.78, 5) is 11.7. The predicted octanol–water partition coefficient (Wildman–Crippen LogP) is 2.17. The zero-order valence-corrected chi connectivity index (χ0v) is 10.5. The van der Waals surface area contributed by atoms with Crippen molar-refractivity contribution in [1.82, 2.24) is 4.57 Å². The third-order valence-corrected chi connectivity index (χ3v) is 3.55. The van der Waals surface area contributed by atoms with E-state index in [0.29, 0.717) is 18.8 Å². The van der Waals surface area contributed by atoms with E-state index in [1.54, 1.807) is 6.07 Å². The smallest absolute Gasteiger partial charge is 0.338 e. The van der Waals surface area contributed by atoms with Crippen LogP contribution in [0.5, 0.6) is 0 Å². The van der Waals surface area contributed by atoms with Gasteiger partial charge in [0.05, 0.1) is 31.4 Å². The maximum atomic E-state index is 11.7. The minimum atomic E-state index is -0.298. The number of fused-ring (bicyclic) bond motifs is 1. The second-order valence-electron chi connectivity index (χ2n) is 4.91. The highest BCUT2D eigenvalue weighted by Gasteiger charge is 2.36. The molecule has 0 unspecified atom stereocenters. The van der Waals surface area contributed by atoms with Crippen molar-refractivity contribution < 1.29 is 14.3 Å². The SMILES string of the molecule is COC(=O)c1cccc2c1ccn2C1(C)COC1. The number of nitrogens with zero attached hydrogens (tertiary/aromatic N) is 1. The molecule has 0 spiro atoms. The summed E-state index contributed by atoms with van der Waals surface area (Å²) < 4.78 is 12.3. The highest BCUT2D eigenvalue weighted by molar-refractivity contribution is 6.03. The first-order chi connectivity index (χ1) is 8.65. The standard InChI is InChI=1S/C14H15NO3/c1-14(8-18-9-14)15-7-6-10-11(13(16)17-2)4-3-5-12(10)15/h3-7H,8-9H2,1-2H3. The molecule has 4 nitrogen and oxygen atoms in total. The van der Waals surface area contributed by atoms with Crippen molar-refractivity contribution in [2.24, 2.45) is 0 Å². The van der Waals surface area contributed by atoms with Gasteiger partial charge in [0.25, 0.3) is 0 Å².